The number of nitrogens with zero attached hydrogens (tertiary/aromatic N) is 1. The molecule has 3 amide bonds. The molecule has 1 atom stereocenters. The molecule has 0 radical (unpaired) electrons. The lowest BCUT2D eigenvalue weighted by Crippen LogP contribution is -2.51. The summed E-state index contributed by atoms with van der Waals surface area (Å²) in [6, 6.07) is -0.721. The first-order valence-electron chi connectivity index (χ1n) is 9.24. The number of hydrogen-bond donors (Lipinski definition) is 4. The average Bonchev–Trinajstić information content (AvgIpc) is 3.04. The molecule has 0 spiro atoms. The highest BCUT2D eigenvalue weighted by molar-refractivity contribution is 6.41. The van der Waals surface area contributed by atoms with Crippen LogP contribution in [0.3, 0.4) is 0 Å². The van der Waals surface area contributed by atoms with Crippen LogP contribution in [0.25, 0.3) is 0 Å². The van der Waals surface area contributed by atoms with Crippen LogP contribution < -0.4 is 10.6 Å². The first-order valence-corrected chi connectivity index (χ1v) is 9.24. The second kappa shape index (κ2) is 12.1. The Morgan fingerprint density at radius 3 is 2.42 bits per heavy atom. The summed E-state index contributed by atoms with van der Waals surface area (Å²) in [4.78, 5) is 25.8. The Morgan fingerprint density at radius 1 is 1.08 bits per heavy atom. The summed E-state index contributed by atoms with van der Waals surface area (Å²) in [5.74, 6) is -0.327. The monoisotopic (exact) mass is 341 g/mol. The van der Waals surface area contributed by atoms with E-state index in [-0.39, 0.29) is 18.4 Å². The lowest BCUT2D eigenvalue weighted by Gasteiger charge is -2.24. The molecule has 24 heavy (non-hydrogen) atoms. The average molecular weight is 341 g/mol. The lowest BCUT2D eigenvalue weighted by atomic mass is 9.92. The van der Waals surface area contributed by atoms with E-state index >= 15 is 0 Å². The highest BCUT2D eigenvalue weighted by Gasteiger charge is 2.34. The van der Waals surface area contributed by atoms with Gasteiger partial charge in [0.2, 0.25) is 5.91 Å². The molecule has 0 aromatic rings. The summed E-state index contributed by atoms with van der Waals surface area (Å²) in [6.45, 7) is 3.39. The Labute approximate surface area is 145 Å². The number of urea groups is 1. The van der Waals surface area contributed by atoms with E-state index in [1.807, 2.05) is 0 Å². The van der Waals surface area contributed by atoms with Gasteiger partial charge in [0.1, 0.15) is 6.04 Å². The minimum Gasteiger partial charge on any atom is -0.426 e. The zero-order valence-electron chi connectivity index (χ0n) is 14.8. The van der Waals surface area contributed by atoms with Crippen molar-refractivity contribution in [3.63, 3.8) is 0 Å². The number of carbonyl (C=O) groups is 2. The largest absolute Gasteiger partial charge is 0.472 e. The Morgan fingerprint density at radius 2 is 1.75 bits per heavy atom. The second-order valence-electron chi connectivity index (χ2n) is 6.43. The van der Waals surface area contributed by atoms with Gasteiger partial charge in [-0.25, -0.2) is 4.79 Å². The van der Waals surface area contributed by atoms with Crippen LogP contribution in [-0.4, -0.2) is 59.6 Å². The van der Waals surface area contributed by atoms with Gasteiger partial charge in [0.25, 0.3) is 0 Å². The second-order valence-corrected chi connectivity index (χ2v) is 6.43. The first kappa shape index (κ1) is 20.8. The fourth-order valence-electron chi connectivity index (χ4n) is 2.97. The van der Waals surface area contributed by atoms with Gasteiger partial charge in [-0.2, -0.15) is 0 Å². The summed E-state index contributed by atoms with van der Waals surface area (Å²) in [5, 5.41) is 22.9. The molecule has 0 bridgehead atoms. The van der Waals surface area contributed by atoms with Crippen molar-refractivity contribution in [2.45, 2.75) is 70.8 Å². The number of unbranched alkanes of at least 4 members (excludes halogenated alkanes) is 6. The van der Waals surface area contributed by atoms with Crippen molar-refractivity contribution in [1.82, 2.24) is 15.5 Å². The van der Waals surface area contributed by atoms with Gasteiger partial charge in [0.05, 0.1) is 6.44 Å². The summed E-state index contributed by atoms with van der Waals surface area (Å²) in [5.41, 5.74) is 0. The van der Waals surface area contributed by atoms with Crippen LogP contribution in [0.5, 0.6) is 0 Å². The lowest BCUT2D eigenvalue weighted by molar-refractivity contribution is -0.124. The fraction of sp³-hybridized carbons (Fsp3) is 0.875. The number of likely N-dealkylation sites (tertiary alicyclic amines) is 1. The van der Waals surface area contributed by atoms with E-state index in [4.69, 9.17) is 10.0 Å². The summed E-state index contributed by atoms with van der Waals surface area (Å²) < 4.78 is 0. The summed E-state index contributed by atoms with van der Waals surface area (Å²) >= 11 is 0. The highest BCUT2D eigenvalue weighted by atomic mass is 16.4. The third kappa shape index (κ3) is 8.01. The van der Waals surface area contributed by atoms with Crippen molar-refractivity contribution in [2.75, 3.05) is 19.5 Å². The number of nitrogens with one attached hydrogen (secondary N) is 2. The van der Waals surface area contributed by atoms with E-state index in [0.717, 1.165) is 19.3 Å². The number of carbonyl (C=O) groups excluding carboxylic acids is 2. The number of amides is 3. The minimum absolute atomic E-state index is 0.205. The highest BCUT2D eigenvalue weighted by Crippen LogP contribution is 2.17. The zero-order valence-corrected chi connectivity index (χ0v) is 14.8. The van der Waals surface area contributed by atoms with Gasteiger partial charge < -0.3 is 25.6 Å². The van der Waals surface area contributed by atoms with Crippen LogP contribution in [0.2, 0.25) is 0 Å². The molecule has 1 fully saturated rings. The molecule has 8 heteroatoms. The molecule has 1 aliphatic rings. The van der Waals surface area contributed by atoms with Gasteiger partial charge in [-0.1, -0.05) is 45.4 Å². The van der Waals surface area contributed by atoms with Crippen LogP contribution in [0.4, 0.5) is 4.79 Å². The van der Waals surface area contributed by atoms with Crippen LogP contribution in [0.15, 0.2) is 0 Å². The number of hydrogen-bond acceptors (Lipinski definition) is 4. The molecule has 1 rings (SSSR count). The van der Waals surface area contributed by atoms with E-state index in [9.17, 15) is 9.59 Å². The molecule has 1 heterocycles. The summed E-state index contributed by atoms with van der Waals surface area (Å²) in [6.07, 6.45) is 9.53. The Balaban J connectivity index is 2.19. The number of rotatable bonds is 11. The minimum atomic E-state index is -1.57. The van der Waals surface area contributed by atoms with Crippen molar-refractivity contribution in [2.24, 2.45) is 0 Å². The SMILES string of the molecule is CCCCCCCCCNC(=O)N1CCCC1C(=O)NCB(O)O. The molecule has 0 aromatic heterocycles. The van der Waals surface area contributed by atoms with Gasteiger partial charge in [-0.15, -0.1) is 0 Å². The topological polar surface area (TPSA) is 102 Å². The smallest absolute Gasteiger partial charge is 0.426 e. The first-order chi connectivity index (χ1) is 11.6. The van der Waals surface area contributed by atoms with Crippen molar-refractivity contribution >= 4 is 19.1 Å². The Bertz CT molecular complexity index is 382. The van der Waals surface area contributed by atoms with Gasteiger partial charge in [0, 0.05) is 13.1 Å². The predicted molar refractivity (Wildman–Crippen MR) is 94.3 cm³/mol. The summed E-state index contributed by atoms with van der Waals surface area (Å²) in [7, 11) is -1.57. The zero-order chi connectivity index (χ0) is 17.8. The molecule has 4 N–H and O–H groups in total. The maximum Gasteiger partial charge on any atom is 0.472 e. The normalized spacial score (nSPS) is 17.0. The molecule has 1 unspecified atom stereocenters. The van der Waals surface area contributed by atoms with Gasteiger partial charge in [-0.3, -0.25) is 4.79 Å². The van der Waals surface area contributed by atoms with E-state index in [1.54, 1.807) is 4.90 Å². The fourth-order valence-corrected chi connectivity index (χ4v) is 2.97. The van der Waals surface area contributed by atoms with Crippen LogP contribution in [0, 0.1) is 0 Å². The molecule has 0 aliphatic carbocycles. The molecule has 0 saturated carbocycles. The van der Waals surface area contributed by atoms with Crippen molar-refractivity contribution < 1.29 is 19.6 Å². The van der Waals surface area contributed by atoms with E-state index < -0.39 is 13.2 Å². The van der Waals surface area contributed by atoms with Crippen molar-refractivity contribution in [3.05, 3.63) is 0 Å². The van der Waals surface area contributed by atoms with Gasteiger partial charge in [0.15, 0.2) is 0 Å². The predicted octanol–water partition coefficient (Wildman–Crippen LogP) is 1.04. The molecule has 138 valence electrons. The van der Waals surface area contributed by atoms with Crippen molar-refractivity contribution in [3.8, 4) is 0 Å². The van der Waals surface area contributed by atoms with Crippen LogP contribution in [0.1, 0.15) is 64.7 Å². The van der Waals surface area contributed by atoms with Gasteiger partial charge in [-0.05, 0) is 19.3 Å². The quantitative estimate of drug-likeness (QED) is 0.333. The van der Waals surface area contributed by atoms with Crippen molar-refractivity contribution in [1.29, 1.82) is 0 Å². The van der Waals surface area contributed by atoms with E-state index in [1.165, 1.54) is 32.1 Å². The van der Waals surface area contributed by atoms with E-state index in [0.29, 0.717) is 19.5 Å². The molecular formula is C16H32BN3O4. The molecule has 0 aromatic carbocycles. The Kier molecular flexibility index (Phi) is 10.5. The third-order valence-electron chi connectivity index (χ3n) is 4.33. The Hall–Kier alpha value is -1.28. The molecular weight excluding hydrogens is 309 g/mol. The van der Waals surface area contributed by atoms with Crippen LogP contribution >= 0.6 is 0 Å². The maximum atomic E-state index is 12.2. The molecule has 7 nitrogen and oxygen atoms in total. The third-order valence-corrected chi connectivity index (χ3v) is 4.33. The molecule has 1 saturated heterocycles. The van der Waals surface area contributed by atoms with Crippen LogP contribution in [-0.2, 0) is 4.79 Å². The van der Waals surface area contributed by atoms with E-state index in [2.05, 4.69) is 17.6 Å². The standard InChI is InChI=1S/C16H32BN3O4/c1-2-3-4-5-6-7-8-11-18-16(22)20-12-9-10-14(20)15(21)19-13-17(23)24/h14,23-24H,2-13H2,1H3,(H,18,22)(H,19,21). The molecule has 1 aliphatic heterocycles. The van der Waals surface area contributed by atoms with Gasteiger partial charge >= 0.3 is 13.1 Å². The maximum absolute atomic E-state index is 12.2.